The minimum absolute atomic E-state index is 0.0183. The number of aryl methyl sites for hydroxylation is 1. The monoisotopic (exact) mass is 814 g/mol. The molecule has 0 saturated carbocycles. The standard InChI is InChI=1S/C44H55AsN2O6S/c1-43(2,3)52-41(49)37(28-34-20-24-39(46-29-34)45-42(50)53-44(4,5)6)38(54-30-33-17-21-36(51-8)22-18-33)23-19-32-15-12-16-35(27-32)40(48)47(7)26-25-31-13-10-9-11-14-31/h9-18,20-22,24,27,29,37-38,45H,19,23,25-26,28,30H2,1-8H3. The van der Waals surface area contributed by atoms with Crippen LogP contribution >= 0.6 is 11.8 Å². The van der Waals surface area contributed by atoms with Gasteiger partial charge in [0.2, 0.25) is 0 Å². The average molecular weight is 815 g/mol. The third-order valence-corrected chi connectivity index (χ3v) is 11.8. The van der Waals surface area contributed by atoms with Gasteiger partial charge in [0, 0.05) is 13.6 Å². The molecule has 0 aliphatic carbocycles. The number of aromatic nitrogens is 1. The van der Waals surface area contributed by atoms with Gasteiger partial charge in [0.15, 0.2) is 0 Å². The number of hydrogen-bond donors (Lipinski definition) is 0. The summed E-state index contributed by atoms with van der Waals surface area (Å²) < 4.78 is 17.5. The van der Waals surface area contributed by atoms with Gasteiger partial charge in [0.1, 0.15) is 5.75 Å². The predicted molar refractivity (Wildman–Crippen MR) is 220 cm³/mol. The number of esters is 1. The molecule has 3 aromatic carbocycles. The fraction of sp³-hybridized carbons (Fsp3) is 0.409. The van der Waals surface area contributed by atoms with E-state index in [-0.39, 0.29) is 21.9 Å². The van der Waals surface area contributed by atoms with Crippen molar-refractivity contribution in [3.8, 4) is 5.75 Å². The first-order valence-electron chi connectivity index (χ1n) is 18.4. The third kappa shape index (κ3) is 14.6. The Bertz CT molecular complexity index is 1800. The second-order valence-electron chi connectivity index (χ2n) is 15.4. The Morgan fingerprint density at radius 3 is 2.07 bits per heavy atom. The SMILES string of the molecule is COc1ccc(CSC(CCc2cccc(C(=O)N(C)CCc3ccccc3)c2)C(Cc2ccc([AsH]C(=O)OC(C)(C)C)nc2)C(=O)OC(C)(C)C)cc1. The Kier molecular flexibility index (Phi) is 15.8. The van der Waals surface area contributed by atoms with Crippen LogP contribution in [-0.4, -0.2) is 79.4 Å². The van der Waals surface area contributed by atoms with Crippen LogP contribution in [-0.2, 0) is 39.3 Å². The van der Waals surface area contributed by atoms with Crippen LogP contribution in [0.25, 0.3) is 0 Å². The van der Waals surface area contributed by atoms with Gasteiger partial charge >= 0.3 is 239 Å². The molecule has 54 heavy (non-hydrogen) atoms. The average Bonchev–Trinajstić information content (AvgIpc) is 3.12. The number of nitrogens with zero attached hydrogens (tertiary/aromatic N) is 2. The van der Waals surface area contributed by atoms with Crippen molar-refractivity contribution in [2.24, 2.45) is 5.92 Å². The van der Waals surface area contributed by atoms with E-state index >= 15 is 0 Å². The summed E-state index contributed by atoms with van der Waals surface area (Å²) in [6.45, 7) is 11.9. The number of carbonyl (C=O) groups excluding carboxylic acids is 3. The molecular formula is C44H55AsN2O6S. The Balaban J connectivity index is 1.55. The molecule has 0 fully saturated rings. The normalized spacial score (nSPS) is 13.0. The molecule has 0 aliphatic rings. The Morgan fingerprint density at radius 2 is 1.44 bits per heavy atom. The van der Waals surface area contributed by atoms with Gasteiger partial charge in [-0.15, -0.1) is 0 Å². The number of pyridine rings is 1. The molecule has 1 heterocycles. The summed E-state index contributed by atoms with van der Waals surface area (Å²) in [5.41, 5.74) is 3.68. The number of ether oxygens (including phenoxy) is 3. The summed E-state index contributed by atoms with van der Waals surface area (Å²) in [5.74, 6) is 0.727. The van der Waals surface area contributed by atoms with E-state index in [0.29, 0.717) is 37.1 Å². The van der Waals surface area contributed by atoms with E-state index in [1.54, 1.807) is 30.0 Å². The molecule has 0 N–H and O–H groups in total. The number of benzene rings is 3. The second-order valence-corrected chi connectivity index (χ2v) is 19.1. The molecule has 288 valence electrons. The van der Waals surface area contributed by atoms with Crippen molar-refractivity contribution in [3.05, 3.63) is 125 Å². The summed E-state index contributed by atoms with van der Waals surface area (Å²) in [4.78, 5) is 46.4. The van der Waals surface area contributed by atoms with Crippen molar-refractivity contribution in [3.63, 3.8) is 0 Å². The number of hydrogen-bond acceptors (Lipinski definition) is 8. The summed E-state index contributed by atoms with van der Waals surface area (Å²) in [6.07, 6.45) is 4.34. The number of carbonyl (C=O) groups is 3. The van der Waals surface area contributed by atoms with Crippen LogP contribution in [0.4, 0.5) is 4.79 Å². The molecule has 3 unspecified atom stereocenters. The van der Waals surface area contributed by atoms with Gasteiger partial charge in [-0.1, -0.05) is 30.3 Å². The van der Waals surface area contributed by atoms with Crippen molar-refractivity contribution in [1.29, 1.82) is 0 Å². The number of likely N-dealkylation sites (N-methyl/N-ethyl adjacent to an activating group) is 1. The van der Waals surface area contributed by atoms with Gasteiger partial charge in [-0.3, -0.25) is 4.79 Å². The Morgan fingerprint density at radius 1 is 0.778 bits per heavy atom. The zero-order valence-electron chi connectivity index (χ0n) is 32.9. The molecule has 3 atom stereocenters. The topological polar surface area (TPSA) is 95.0 Å². The molecule has 4 rings (SSSR count). The fourth-order valence-electron chi connectivity index (χ4n) is 5.78. The Hall–Kier alpha value is -4.07. The first-order chi connectivity index (χ1) is 25.6. The van der Waals surface area contributed by atoms with Crippen LogP contribution in [0.1, 0.15) is 80.6 Å². The van der Waals surface area contributed by atoms with Crippen molar-refractivity contribution in [2.45, 2.75) is 89.4 Å². The molecule has 0 saturated heterocycles. The van der Waals surface area contributed by atoms with E-state index in [1.807, 2.05) is 127 Å². The predicted octanol–water partition coefficient (Wildman–Crippen LogP) is 7.84. The molecule has 10 heteroatoms. The molecule has 8 nitrogen and oxygen atoms in total. The van der Waals surface area contributed by atoms with E-state index < -0.39 is 32.9 Å². The van der Waals surface area contributed by atoms with Gasteiger partial charge < -0.3 is 9.64 Å². The third-order valence-electron chi connectivity index (χ3n) is 8.51. The van der Waals surface area contributed by atoms with E-state index in [2.05, 4.69) is 17.1 Å². The van der Waals surface area contributed by atoms with Gasteiger partial charge in [0.05, 0.1) is 7.11 Å². The van der Waals surface area contributed by atoms with Crippen molar-refractivity contribution >= 4 is 48.6 Å². The maximum absolute atomic E-state index is 14.1. The molecule has 0 aliphatic heterocycles. The van der Waals surface area contributed by atoms with Crippen LogP contribution in [0, 0.1) is 5.92 Å². The first-order valence-corrected chi connectivity index (χ1v) is 21.5. The van der Waals surface area contributed by atoms with Gasteiger partial charge in [-0.25, -0.2) is 0 Å². The van der Waals surface area contributed by atoms with Crippen LogP contribution in [0.5, 0.6) is 5.75 Å². The summed E-state index contributed by atoms with van der Waals surface area (Å²) >= 11 is 0.499. The molecule has 1 aromatic heterocycles. The Labute approximate surface area is 332 Å². The van der Waals surface area contributed by atoms with Crippen molar-refractivity contribution in [1.82, 2.24) is 9.88 Å². The minimum atomic E-state index is -1.23. The first kappa shape index (κ1) is 42.7. The van der Waals surface area contributed by atoms with Crippen LogP contribution in [0.3, 0.4) is 0 Å². The van der Waals surface area contributed by atoms with Crippen LogP contribution in [0.15, 0.2) is 97.2 Å². The zero-order valence-corrected chi connectivity index (χ0v) is 35.8. The fourth-order valence-corrected chi connectivity index (χ4v) is 8.92. The van der Waals surface area contributed by atoms with Crippen LogP contribution < -0.4 is 9.22 Å². The molecule has 4 aromatic rings. The maximum atomic E-state index is 14.1. The van der Waals surface area contributed by atoms with E-state index in [0.717, 1.165) is 33.3 Å². The van der Waals surface area contributed by atoms with E-state index in [9.17, 15) is 14.4 Å². The summed E-state index contributed by atoms with van der Waals surface area (Å²) in [7, 11) is 3.49. The molecular weight excluding hydrogens is 759 g/mol. The zero-order chi connectivity index (χ0) is 39.3. The van der Waals surface area contributed by atoms with Gasteiger partial charge in [-0.2, -0.15) is 0 Å². The van der Waals surface area contributed by atoms with Crippen molar-refractivity contribution in [2.75, 3.05) is 20.7 Å². The number of methoxy groups -OCH3 is 1. The molecule has 0 spiro atoms. The molecule has 0 radical (unpaired) electrons. The van der Waals surface area contributed by atoms with Gasteiger partial charge in [0.25, 0.3) is 5.91 Å². The number of rotatable bonds is 17. The van der Waals surface area contributed by atoms with E-state index in [4.69, 9.17) is 14.2 Å². The van der Waals surface area contributed by atoms with Crippen LogP contribution in [0.2, 0.25) is 0 Å². The molecule has 1 amide bonds. The second kappa shape index (κ2) is 20.0. The van der Waals surface area contributed by atoms with Crippen molar-refractivity contribution < 1.29 is 28.6 Å². The number of amides is 1. The van der Waals surface area contributed by atoms with E-state index in [1.165, 1.54) is 5.56 Å². The summed E-state index contributed by atoms with van der Waals surface area (Å²) in [6, 6.07) is 29.8. The van der Waals surface area contributed by atoms with Gasteiger partial charge in [-0.05, 0) is 18.1 Å². The quantitative estimate of drug-likeness (QED) is 0.0787. The summed E-state index contributed by atoms with van der Waals surface area (Å²) in [5, 5.41) is -0.121. The molecule has 0 bridgehead atoms. The number of thioether (sulfide) groups is 1.